The summed E-state index contributed by atoms with van der Waals surface area (Å²) in [6.45, 7) is 2.16. The first-order valence-corrected chi connectivity index (χ1v) is 7.16. The molecule has 0 aromatic heterocycles. The molecule has 0 heterocycles. The maximum absolute atomic E-state index is 5.38. The number of hydrogen-bond acceptors (Lipinski definition) is 3. The van der Waals surface area contributed by atoms with E-state index < -0.39 is 0 Å². The fourth-order valence-corrected chi connectivity index (χ4v) is 2.42. The Kier molecular flexibility index (Phi) is 7.93. The average molecular weight is 305 g/mol. The van der Waals surface area contributed by atoms with Gasteiger partial charge in [0, 0.05) is 23.1 Å². The molecule has 0 amide bonds. The highest BCUT2D eigenvalue weighted by Gasteiger charge is 1.95. The van der Waals surface area contributed by atoms with Crippen LogP contribution in [-0.4, -0.2) is 32.7 Å². The standard InChI is InChI=1S/C12H17BrO2S/c1-14-5-6-15-7-8-16-10-11-3-2-4-12(13)9-11/h2-4,9H,5-8,10H2,1H3. The number of thioether (sulfide) groups is 1. The van der Waals surface area contributed by atoms with Crippen LogP contribution < -0.4 is 0 Å². The van der Waals surface area contributed by atoms with Gasteiger partial charge in [-0.2, -0.15) is 11.8 Å². The van der Waals surface area contributed by atoms with Gasteiger partial charge in [0.15, 0.2) is 0 Å². The SMILES string of the molecule is COCCOCCSCc1cccc(Br)c1. The van der Waals surface area contributed by atoms with Gasteiger partial charge in [0.2, 0.25) is 0 Å². The Balaban J connectivity index is 2.03. The predicted octanol–water partition coefficient (Wildman–Crippen LogP) is 3.35. The van der Waals surface area contributed by atoms with E-state index in [1.54, 1.807) is 7.11 Å². The minimum Gasteiger partial charge on any atom is -0.382 e. The Morgan fingerprint density at radius 3 is 2.88 bits per heavy atom. The van der Waals surface area contributed by atoms with Gasteiger partial charge in [0.25, 0.3) is 0 Å². The van der Waals surface area contributed by atoms with Crippen LogP contribution in [0.5, 0.6) is 0 Å². The second-order valence-corrected chi connectivity index (χ2v) is 5.31. The van der Waals surface area contributed by atoms with Crippen LogP contribution in [0, 0.1) is 0 Å². The molecule has 0 spiro atoms. The first-order chi connectivity index (χ1) is 7.83. The van der Waals surface area contributed by atoms with E-state index in [-0.39, 0.29) is 0 Å². The highest BCUT2D eigenvalue weighted by Crippen LogP contribution is 2.16. The summed E-state index contributed by atoms with van der Waals surface area (Å²) < 4.78 is 11.4. The van der Waals surface area contributed by atoms with Gasteiger partial charge in [-0.05, 0) is 17.7 Å². The molecule has 90 valence electrons. The van der Waals surface area contributed by atoms with E-state index in [1.807, 2.05) is 17.8 Å². The minimum absolute atomic E-state index is 0.677. The van der Waals surface area contributed by atoms with Gasteiger partial charge >= 0.3 is 0 Å². The average Bonchev–Trinajstić information content (AvgIpc) is 2.28. The minimum atomic E-state index is 0.677. The summed E-state index contributed by atoms with van der Waals surface area (Å²) in [5.74, 6) is 2.06. The summed E-state index contributed by atoms with van der Waals surface area (Å²) in [7, 11) is 1.69. The molecule has 0 N–H and O–H groups in total. The van der Waals surface area contributed by atoms with Gasteiger partial charge in [-0.1, -0.05) is 28.1 Å². The third-order valence-corrected chi connectivity index (χ3v) is 3.45. The van der Waals surface area contributed by atoms with Gasteiger partial charge in [-0.3, -0.25) is 0 Å². The summed E-state index contributed by atoms with van der Waals surface area (Å²) in [4.78, 5) is 0. The number of rotatable bonds is 8. The van der Waals surface area contributed by atoms with Crippen molar-refractivity contribution in [1.82, 2.24) is 0 Å². The van der Waals surface area contributed by atoms with Crippen molar-refractivity contribution in [2.45, 2.75) is 5.75 Å². The molecule has 0 atom stereocenters. The molecular formula is C12H17BrO2S. The van der Waals surface area contributed by atoms with Crippen molar-refractivity contribution in [3.8, 4) is 0 Å². The molecule has 0 unspecified atom stereocenters. The van der Waals surface area contributed by atoms with Crippen molar-refractivity contribution in [1.29, 1.82) is 0 Å². The van der Waals surface area contributed by atoms with E-state index in [4.69, 9.17) is 9.47 Å². The van der Waals surface area contributed by atoms with Crippen LogP contribution in [0.4, 0.5) is 0 Å². The van der Waals surface area contributed by atoms with Crippen LogP contribution in [0.3, 0.4) is 0 Å². The van der Waals surface area contributed by atoms with Gasteiger partial charge in [0.05, 0.1) is 19.8 Å². The van der Waals surface area contributed by atoms with E-state index in [0.717, 1.165) is 22.6 Å². The lowest BCUT2D eigenvalue weighted by Crippen LogP contribution is -2.04. The summed E-state index contributed by atoms with van der Waals surface area (Å²) in [6, 6.07) is 8.40. The van der Waals surface area contributed by atoms with Crippen LogP contribution >= 0.6 is 27.7 Å². The second-order valence-electron chi connectivity index (χ2n) is 3.29. The van der Waals surface area contributed by atoms with Crippen molar-refractivity contribution < 1.29 is 9.47 Å². The lowest BCUT2D eigenvalue weighted by molar-refractivity contribution is 0.0790. The van der Waals surface area contributed by atoms with E-state index in [9.17, 15) is 0 Å². The molecule has 2 nitrogen and oxygen atoms in total. The lowest BCUT2D eigenvalue weighted by Gasteiger charge is -2.04. The Morgan fingerprint density at radius 1 is 1.25 bits per heavy atom. The zero-order chi connectivity index (χ0) is 11.6. The first-order valence-electron chi connectivity index (χ1n) is 5.22. The molecule has 0 fully saturated rings. The Bertz CT molecular complexity index is 294. The Labute approximate surface area is 110 Å². The molecule has 0 aliphatic rings. The van der Waals surface area contributed by atoms with Crippen molar-refractivity contribution in [2.24, 2.45) is 0 Å². The molecule has 16 heavy (non-hydrogen) atoms. The molecule has 0 bridgehead atoms. The molecule has 0 saturated heterocycles. The summed E-state index contributed by atoms with van der Waals surface area (Å²) in [6.07, 6.45) is 0. The molecule has 1 aromatic carbocycles. The maximum Gasteiger partial charge on any atom is 0.0700 e. The smallest absolute Gasteiger partial charge is 0.0700 e. The Hall–Kier alpha value is -0.0300. The first kappa shape index (κ1) is 14.0. The topological polar surface area (TPSA) is 18.5 Å². The number of ether oxygens (including phenoxy) is 2. The number of methoxy groups -OCH3 is 1. The second kappa shape index (κ2) is 9.05. The number of halogens is 1. The van der Waals surface area contributed by atoms with Crippen LogP contribution in [0.1, 0.15) is 5.56 Å². The quantitative estimate of drug-likeness (QED) is 0.686. The third-order valence-electron chi connectivity index (χ3n) is 1.96. The van der Waals surface area contributed by atoms with Gasteiger partial charge in [-0.15, -0.1) is 0 Å². The molecule has 0 aliphatic heterocycles. The number of benzene rings is 1. The molecule has 1 aromatic rings. The fraction of sp³-hybridized carbons (Fsp3) is 0.500. The fourth-order valence-electron chi connectivity index (χ4n) is 1.18. The largest absolute Gasteiger partial charge is 0.382 e. The van der Waals surface area contributed by atoms with Gasteiger partial charge in [-0.25, -0.2) is 0 Å². The molecule has 0 saturated carbocycles. The zero-order valence-corrected chi connectivity index (χ0v) is 11.9. The summed E-state index contributed by atoms with van der Waals surface area (Å²) in [5.41, 5.74) is 1.34. The van der Waals surface area contributed by atoms with Crippen molar-refractivity contribution in [3.63, 3.8) is 0 Å². The summed E-state index contributed by atoms with van der Waals surface area (Å²) >= 11 is 5.35. The highest BCUT2D eigenvalue weighted by atomic mass is 79.9. The molecule has 4 heteroatoms. The van der Waals surface area contributed by atoms with Crippen molar-refractivity contribution >= 4 is 27.7 Å². The maximum atomic E-state index is 5.38. The van der Waals surface area contributed by atoms with Crippen LogP contribution in [0.25, 0.3) is 0 Å². The Morgan fingerprint density at radius 2 is 2.12 bits per heavy atom. The van der Waals surface area contributed by atoms with Crippen molar-refractivity contribution in [2.75, 3.05) is 32.7 Å². The highest BCUT2D eigenvalue weighted by molar-refractivity contribution is 9.10. The van der Waals surface area contributed by atoms with Gasteiger partial charge in [0.1, 0.15) is 0 Å². The third kappa shape index (κ3) is 6.53. The normalized spacial score (nSPS) is 10.6. The summed E-state index contributed by atoms with van der Waals surface area (Å²) in [5, 5.41) is 0. The zero-order valence-electron chi connectivity index (χ0n) is 9.45. The van der Waals surface area contributed by atoms with E-state index in [0.29, 0.717) is 13.2 Å². The predicted molar refractivity (Wildman–Crippen MR) is 73.0 cm³/mol. The number of hydrogen-bond donors (Lipinski definition) is 0. The molecular weight excluding hydrogens is 288 g/mol. The van der Waals surface area contributed by atoms with E-state index in [1.165, 1.54) is 5.56 Å². The molecule has 0 aliphatic carbocycles. The van der Waals surface area contributed by atoms with Crippen molar-refractivity contribution in [3.05, 3.63) is 34.3 Å². The van der Waals surface area contributed by atoms with Crippen LogP contribution in [0.15, 0.2) is 28.7 Å². The monoisotopic (exact) mass is 304 g/mol. The van der Waals surface area contributed by atoms with Crippen LogP contribution in [-0.2, 0) is 15.2 Å². The van der Waals surface area contributed by atoms with Crippen LogP contribution in [0.2, 0.25) is 0 Å². The molecule has 0 radical (unpaired) electrons. The lowest BCUT2D eigenvalue weighted by atomic mass is 10.2. The van der Waals surface area contributed by atoms with E-state index in [2.05, 4.69) is 34.1 Å². The van der Waals surface area contributed by atoms with E-state index >= 15 is 0 Å². The van der Waals surface area contributed by atoms with Gasteiger partial charge < -0.3 is 9.47 Å². The molecule has 1 rings (SSSR count).